The van der Waals surface area contributed by atoms with Crippen LogP contribution in [-0.2, 0) is 0 Å². The maximum atomic E-state index is 3.60. The van der Waals surface area contributed by atoms with Crippen molar-refractivity contribution < 1.29 is 0 Å². The molecule has 1 rings (SSSR count). The largest absolute Gasteiger partial charge is 0.314 e. The standard InChI is InChI=1S/C17H37N3/c1-4-19(5-2)15-10-16-20(6-3)14-9-7-8-13-18-17-11-12-17/h17-18H,4-16H2,1-3H3. The van der Waals surface area contributed by atoms with Gasteiger partial charge in [-0.2, -0.15) is 0 Å². The lowest BCUT2D eigenvalue weighted by atomic mass is 10.2. The molecule has 1 fully saturated rings. The van der Waals surface area contributed by atoms with Gasteiger partial charge in [-0.3, -0.25) is 0 Å². The molecular weight excluding hydrogens is 246 g/mol. The Bertz CT molecular complexity index is 212. The van der Waals surface area contributed by atoms with E-state index in [1.165, 1.54) is 84.3 Å². The Hall–Kier alpha value is -0.120. The second kappa shape index (κ2) is 11.5. The van der Waals surface area contributed by atoms with E-state index in [9.17, 15) is 0 Å². The third-order valence-electron chi connectivity index (χ3n) is 4.45. The van der Waals surface area contributed by atoms with Crippen molar-refractivity contribution in [2.24, 2.45) is 0 Å². The zero-order valence-corrected chi connectivity index (χ0v) is 14.2. The van der Waals surface area contributed by atoms with Crippen molar-refractivity contribution in [3.8, 4) is 0 Å². The van der Waals surface area contributed by atoms with Crippen LogP contribution in [0.4, 0.5) is 0 Å². The summed E-state index contributed by atoms with van der Waals surface area (Å²) in [4.78, 5) is 5.15. The van der Waals surface area contributed by atoms with E-state index < -0.39 is 0 Å². The fraction of sp³-hybridized carbons (Fsp3) is 1.00. The Kier molecular flexibility index (Phi) is 10.3. The molecule has 20 heavy (non-hydrogen) atoms. The summed E-state index contributed by atoms with van der Waals surface area (Å²) in [5.74, 6) is 0. The number of hydrogen-bond donors (Lipinski definition) is 1. The molecule has 0 atom stereocenters. The quantitative estimate of drug-likeness (QED) is 0.495. The maximum Gasteiger partial charge on any atom is 0.00682 e. The van der Waals surface area contributed by atoms with Crippen molar-refractivity contribution in [1.29, 1.82) is 0 Å². The van der Waals surface area contributed by atoms with Crippen LogP contribution in [0.25, 0.3) is 0 Å². The van der Waals surface area contributed by atoms with Crippen LogP contribution < -0.4 is 5.32 Å². The molecule has 1 N–H and O–H groups in total. The van der Waals surface area contributed by atoms with Crippen molar-refractivity contribution in [2.45, 2.75) is 65.3 Å². The number of rotatable bonds is 14. The first kappa shape index (κ1) is 17.9. The number of nitrogens with one attached hydrogen (secondary N) is 1. The molecule has 0 aliphatic heterocycles. The summed E-state index contributed by atoms with van der Waals surface area (Å²) in [6, 6.07) is 0.877. The summed E-state index contributed by atoms with van der Waals surface area (Å²) in [5.41, 5.74) is 0. The zero-order valence-electron chi connectivity index (χ0n) is 14.2. The van der Waals surface area contributed by atoms with E-state index in [1.54, 1.807) is 0 Å². The average molecular weight is 284 g/mol. The van der Waals surface area contributed by atoms with Crippen LogP contribution in [0.3, 0.4) is 0 Å². The van der Waals surface area contributed by atoms with Crippen LogP contribution in [-0.4, -0.2) is 61.7 Å². The zero-order chi connectivity index (χ0) is 14.6. The summed E-state index contributed by atoms with van der Waals surface area (Å²) < 4.78 is 0. The third-order valence-corrected chi connectivity index (χ3v) is 4.45. The molecule has 0 radical (unpaired) electrons. The molecule has 0 aromatic heterocycles. The van der Waals surface area contributed by atoms with Crippen molar-refractivity contribution >= 4 is 0 Å². The minimum Gasteiger partial charge on any atom is -0.314 e. The topological polar surface area (TPSA) is 18.5 Å². The van der Waals surface area contributed by atoms with Crippen molar-refractivity contribution in [1.82, 2.24) is 15.1 Å². The van der Waals surface area contributed by atoms with Gasteiger partial charge in [-0.1, -0.05) is 27.2 Å². The van der Waals surface area contributed by atoms with Crippen LogP contribution >= 0.6 is 0 Å². The van der Waals surface area contributed by atoms with E-state index in [2.05, 4.69) is 35.9 Å². The lowest BCUT2D eigenvalue weighted by Gasteiger charge is -2.23. The van der Waals surface area contributed by atoms with Gasteiger partial charge >= 0.3 is 0 Å². The molecule has 0 aromatic carbocycles. The molecule has 0 bridgehead atoms. The Morgan fingerprint density at radius 1 is 0.750 bits per heavy atom. The molecule has 0 aromatic rings. The Morgan fingerprint density at radius 3 is 1.95 bits per heavy atom. The fourth-order valence-electron chi connectivity index (χ4n) is 2.72. The molecule has 0 spiro atoms. The van der Waals surface area contributed by atoms with Crippen molar-refractivity contribution in [3.05, 3.63) is 0 Å². The SMILES string of the molecule is CCN(CC)CCCN(CC)CCCCCNC1CC1. The highest BCUT2D eigenvalue weighted by molar-refractivity contribution is 4.80. The van der Waals surface area contributed by atoms with E-state index in [1.807, 2.05) is 0 Å². The van der Waals surface area contributed by atoms with Gasteiger partial charge in [0.25, 0.3) is 0 Å². The van der Waals surface area contributed by atoms with Crippen LogP contribution in [0.1, 0.15) is 59.3 Å². The van der Waals surface area contributed by atoms with Gasteiger partial charge < -0.3 is 15.1 Å². The summed E-state index contributed by atoms with van der Waals surface area (Å²) in [7, 11) is 0. The second-order valence-corrected chi connectivity index (χ2v) is 6.10. The minimum absolute atomic E-state index is 0.877. The lowest BCUT2D eigenvalue weighted by molar-refractivity contribution is 0.240. The summed E-state index contributed by atoms with van der Waals surface area (Å²) in [6.07, 6.45) is 8.25. The molecule has 0 unspecified atom stereocenters. The minimum atomic E-state index is 0.877. The van der Waals surface area contributed by atoms with E-state index >= 15 is 0 Å². The average Bonchev–Trinajstić information content (AvgIpc) is 3.29. The number of unbranched alkanes of at least 4 members (excludes halogenated alkanes) is 2. The van der Waals surface area contributed by atoms with Crippen LogP contribution in [0.5, 0.6) is 0 Å². The van der Waals surface area contributed by atoms with Crippen LogP contribution in [0.2, 0.25) is 0 Å². The summed E-state index contributed by atoms with van der Waals surface area (Å²) in [5, 5.41) is 3.60. The predicted octanol–water partition coefficient (Wildman–Crippen LogP) is 2.96. The molecule has 1 aliphatic rings. The van der Waals surface area contributed by atoms with Crippen LogP contribution in [0.15, 0.2) is 0 Å². The van der Waals surface area contributed by atoms with Gasteiger partial charge in [0.1, 0.15) is 0 Å². The monoisotopic (exact) mass is 283 g/mol. The highest BCUT2D eigenvalue weighted by atomic mass is 15.1. The van der Waals surface area contributed by atoms with Gasteiger partial charge in [-0.25, -0.2) is 0 Å². The first-order valence-electron chi connectivity index (χ1n) is 8.98. The Balaban J connectivity index is 1.92. The normalized spacial score (nSPS) is 15.4. The fourth-order valence-corrected chi connectivity index (χ4v) is 2.72. The smallest absolute Gasteiger partial charge is 0.00682 e. The van der Waals surface area contributed by atoms with Gasteiger partial charge in [-0.15, -0.1) is 0 Å². The Labute approximate surface area is 127 Å². The molecule has 3 heteroatoms. The first-order valence-corrected chi connectivity index (χ1v) is 8.98. The molecule has 1 saturated carbocycles. The summed E-state index contributed by atoms with van der Waals surface area (Å²) in [6.45, 7) is 15.5. The van der Waals surface area contributed by atoms with Gasteiger partial charge in [0.15, 0.2) is 0 Å². The van der Waals surface area contributed by atoms with E-state index in [0.29, 0.717) is 0 Å². The second-order valence-electron chi connectivity index (χ2n) is 6.10. The van der Waals surface area contributed by atoms with Gasteiger partial charge in [0, 0.05) is 6.04 Å². The molecule has 0 saturated heterocycles. The van der Waals surface area contributed by atoms with E-state index in [4.69, 9.17) is 0 Å². The predicted molar refractivity (Wildman–Crippen MR) is 89.4 cm³/mol. The van der Waals surface area contributed by atoms with E-state index in [-0.39, 0.29) is 0 Å². The summed E-state index contributed by atoms with van der Waals surface area (Å²) >= 11 is 0. The van der Waals surface area contributed by atoms with Gasteiger partial charge in [0.2, 0.25) is 0 Å². The first-order chi connectivity index (χ1) is 9.80. The van der Waals surface area contributed by atoms with Crippen molar-refractivity contribution in [2.75, 3.05) is 45.8 Å². The molecule has 120 valence electrons. The number of nitrogens with zero attached hydrogens (tertiary/aromatic N) is 2. The third kappa shape index (κ3) is 8.93. The maximum absolute atomic E-state index is 3.60. The molecule has 0 heterocycles. The highest BCUT2D eigenvalue weighted by Crippen LogP contribution is 2.18. The van der Waals surface area contributed by atoms with Crippen LogP contribution in [0, 0.1) is 0 Å². The molecular formula is C17H37N3. The lowest BCUT2D eigenvalue weighted by Crippen LogP contribution is -2.30. The molecule has 3 nitrogen and oxygen atoms in total. The van der Waals surface area contributed by atoms with E-state index in [0.717, 1.165) is 6.04 Å². The Morgan fingerprint density at radius 2 is 1.35 bits per heavy atom. The molecule has 1 aliphatic carbocycles. The highest BCUT2D eigenvalue weighted by Gasteiger charge is 2.19. The molecule has 0 amide bonds. The van der Waals surface area contributed by atoms with Gasteiger partial charge in [-0.05, 0) is 77.9 Å². The van der Waals surface area contributed by atoms with Crippen molar-refractivity contribution in [3.63, 3.8) is 0 Å². The number of hydrogen-bond acceptors (Lipinski definition) is 3. The van der Waals surface area contributed by atoms with Gasteiger partial charge in [0.05, 0.1) is 0 Å².